The molecule has 0 aliphatic rings. The number of benzene rings is 2. The molecule has 0 aromatic heterocycles. The number of aryl methyl sites for hydroxylation is 2. The van der Waals surface area contributed by atoms with E-state index in [1.807, 2.05) is 58.9 Å². The van der Waals surface area contributed by atoms with Crippen LogP contribution in [0.25, 0.3) is 0 Å². The average Bonchev–Trinajstić information content (AvgIpc) is 2.70. The number of hydrogen-bond donors (Lipinski definition) is 1. The highest BCUT2D eigenvalue weighted by molar-refractivity contribution is 5.87. The molecule has 2 amide bonds. The van der Waals surface area contributed by atoms with Crippen molar-refractivity contribution in [3.8, 4) is 0 Å². The van der Waals surface area contributed by atoms with Gasteiger partial charge in [0.1, 0.15) is 6.04 Å². The molecule has 0 aliphatic heterocycles. The van der Waals surface area contributed by atoms with Crippen molar-refractivity contribution in [2.45, 2.75) is 85.4 Å². The second kappa shape index (κ2) is 10.6. The van der Waals surface area contributed by atoms with Crippen LogP contribution in [0.3, 0.4) is 0 Å². The number of amides is 2. The smallest absolute Gasteiger partial charge is 0.242 e. The first kappa shape index (κ1) is 24.6. The minimum atomic E-state index is -0.547. The Bertz CT molecular complexity index is 879. The Labute approximate surface area is 188 Å². The molecule has 2 aromatic carbocycles. The third-order valence-electron chi connectivity index (χ3n) is 5.54. The lowest BCUT2D eigenvalue weighted by molar-refractivity contribution is -0.141. The minimum absolute atomic E-state index is 0.00671. The lowest BCUT2D eigenvalue weighted by Gasteiger charge is -2.32. The molecule has 0 saturated carbocycles. The van der Waals surface area contributed by atoms with E-state index in [-0.39, 0.29) is 17.4 Å². The summed E-state index contributed by atoms with van der Waals surface area (Å²) in [4.78, 5) is 27.8. The molecule has 2 rings (SSSR count). The Hall–Kier alpha value is -2.62. The van der Waals surface area contributed by atoms with Crippen molar-refractivity contribution in [1.82, 2.24) is 10.2 Å². The van der Waals surface area contributed by atoms with Gasteiger partial charge in [0, 0.05) is 18.5 Å². The van der Waals surface area contributed by atoms with Gasteiger partial charge in [0.25, 0.3) is 0 Å². The predicted octanol–water partition coefficient (Wildman–Crippen LogP) is 5.38. The first-order valence-corrected chi connectivity index (χ1v) is 11.2. The van der Waals surface area contributed by atoms with Crippen molar-refractivity contribution < 1.29 is 9.59 Å². The predicted molar refractivity (Wildman–Crippen MR) is 128 cm³/mol. The van der Waals surface area contributed by atoms with Gasteiger partial charge in [-0.25, -0.2) is 0 Å². The topological polar surface area (TPSA) is 49.4 Å². The number of nitrogens with one attached hydrogen (secondary N) is 1. The van der Waals surface area contributed by atoms with Gasteiger partial charge in [-0.2, -0.15) is 0 Å². The first-order valence-electron chi connectivity index (χ1n) is 11.2. The molecule has 4 nitrogen and oxygen atoms in total. The highest BCUT2D eigenvalue weighted by atomic mass is 16.2. The fourth-order valence-corrected chi connectivity index (χ4v) is 3.49. The molecule has 0 saturated heterocycles. The SMILES string of the molecule is Cc1ccccc1CN(C(=O)CCc1ccc(C(C)C)cc1)C(C)C(=O)NC(C)(C)C. The maximum atomic E-state index is 13.3. The van der Waals surface area contributed by atoms with Gasteiger partial charge in [0.2, 0.25) is 11.8 Å². The van der Waals surface area contributed by atoms with E-state index < -0.39 is 6.04 Å². The van der Waals surface area contributed by atoms with Gasteiger partial charge < -0.3 is 10.2 Å². The summed E-state index contributed by atoms with van der Waals surface area (Å²) in [6.45, 7) is 14.5. The van der Waals surface area contributed by atoms with E-state index in [0.717, 1.165) is 16.7 Å². The highest BCUT2D eigenvalue weighted by Gasteiger charge is 2.28. The Balaban J connectivity index is 2.16. The van der Waals surface area contributed by atoms with E-state index in [1.165, 1.54) is 5.56 Å². The van der Waals surface area contributed by atoms with Crippen LogP contribution in [0.15, 0.2) is 48.5 Å². The van der Waals surface area contributed by atoms with Gasteiger partial charge in [-0.05, 0) is 69.2 Å². The van der Waals surface area contributed by atoms with Crippen LogP contribution in [-0.4, -0.2) is 28.3 Å². The van der Waals surface area contributed by atoms with Crippen LogP contribution in [0.1, 0.15) is 76.1 Å². The molecule has 0 heterocycles. The summed E-state index contributed by atoms with van der Waals surface area (Å²) in [5.74, 6) is 0.353. The monoisotopic (exact) mass is 422 g/mol. The number of nitrogens with zero attached hydrogens (tertiary/aromatic N) is 1. The third-order valence-corrected chi connectivity index (χ3v) is 5.54. The Morgan fingerprint density at radius 1 is 0.968 bits per heavy atom. The maximum Gasteiger partial charge on any atom is 0.242 e. The third kappa shape index (κ3) is 7.54. The van der Waals surface area contributed by atoms with Crippen LogP contribution in [0, 0.1) is 6.92 Å². The van der Waals surface area contributed by atoms with Crippen molar-refractivity contribution in [2.24, 2.45) is 0 Å². The van der Waals surface area contributed by atoms with Crippen LogP contribution in [-0.2, 0) is 22.6 Å². The van der Waals surface area contributed by atoms with Crippen LogP contribution in [0.5, 0.6) is 0 Å². The van der Waals surface area contributed by atoms with E-state index in [0.29, 0.717) is 25.3 Å². The molecule has 0 radical (unpaired) electrons. The maximum absolute atomic E-state index is 13.3. The number of rotatable bonds is 8. The second-order valence-corrected chi connectivity index (χ2v) is 9.76. The summed E-state index contributed by atoms with van der Waals surface area (Å²) in [6, 6.07) is 15.9. The summed E-state index contributed by atoms with van der Waals surface area (Å²) in [6.07, 6.45) is 1.04. The van der Waals surface area contributed by atoms with E-state index in [2.05, 4.69) is 43.4 Å². The summed E-state index contributed by atoms with van der Waals surface area (Å²) >= 11 is 0. The average molecular weight is 423 g/mol. The molecule has 0 fully saturated rings. The second-order valence-electron chi connectivity index (χ2n) is 9.76. The number of carbonyl (C=O) groups excluding carboxylic acids is 2. The van der Waals surface area contributed by atoms with Crippen molar-refractivity contribution in [1.29, 1.82) is 0 Å². The summed E-state index contributed by atoms with van der Waals surface area (Å²) in [7, 11) is 0. The zero-order valence-corrected chi connectivity index (χ0v) is 20.2. The fraction of sp³-hybridized carbons (Fsp3) is 0.481. The Morgan fingerprint density at radius 2 is 1.58 bits per heavy atom. The molecule has 4 heteroatoms. The molecule has 2 aromatic rings. The molecule has 0 bridgehead atoms. The number of carbonyl (C=O) groups is 2. The summed E-state index contributed by atoms with van der Waals surface area (Å²) < 4.78 is 0. The van der Waals surface area contributed by atoms with Crippen LogP contribution in [0.4, 0.5) is 0 Å². The summed E-state index contributed by atoms with van der Waals surface area (Å²) in [5, 5.41) is 3.01. The van der Waals surface area contributed by atoms with Crippen molar-refractivity contribution >= 4 is 11.8 Å². The normalized spacial score (nSPS) is 12.5. The molecule has 31 heavy (non-hydrogen) atoms. The Morgan fingerprint density at radius 3 is 2.13 bits per heavy atom. The lowest BCUT2D eigenvalue weighted by atomic mass is 10.00. The van der Waals surface area contributed by atoms with E-state index >= 15 is 0 Å². The van der Waals surface area contributed by atoms with Crippen molar-refractivity contribution in [3.63, 3.8) is 0 Å². The fourth-order valence-electron chi connectivity index (χ4n) is 3.49. The van der Waals surface area contributed by atoms with Gasteiger partial charge in [-0.3, -0.25) is 9.59 Å². The minimum Gasteiger partial charge on any atom is -0.350 e. The molecular formula is C27H38N2O2. The highest BCUT2D eigenvalue weighted by Crippen LogP contribution is 2.18. The van der Waals surface area contributed by atoms with Crippen molar-refractivity contribution in [2.75, 3.05) is 0 Å². The molecule has 1 atom stereocenters. The van der Waals surface area contributed by atoms with Crippen molar-refractivity contribution in [3.05, 3.63) is 70.8 Å². The van der Waals surface area contributed by atoms with Crippen LogP contribution >= 0.6 is 0 Å². The van der Waals surface area contributed by atoms with Crippen LogP contribution < -0.4 is 5.32 Å². The Kier molecular flexibility index (Phi) is 8.43. The van der Waals surface area contributed by atoms with E-state index in [9.17, 15) is 9.59 Å². The first-order chi connectivity index (χ1) is 14.5. The summed E-state index contributed by atoms with van der Waals surface area (Å²) in [5.41, 5.74) is 4.27. The molecule has 168 valence electrons. The van der Waals surface area contributed by atoms with Crippen LogP contribution in [0.2, 0.25) is 0 Å². The molecule has 1 N–H and O–H groups in total. The zero-order valence-electron chi connectivity index (χ0n) is 20.2. The largest absolute Gasteiger partial charge is 0.350 e. The standard InChI is InChI=1S/C27H38N2O2/c1-19(2)23-15-12-22(13-16-23)14-17-25(30)29(18-24-11-9-8-10-20(24)3)21(4)26(31)28-27(5,6)7/h8-13,15-16,19,21H,14,17-18H2,1-7H3,(H,28,31). The van der Waals surface area contributed by atoms with Gasteiger partial charge >= 0.3 is 0 Å². The quantitative estimate of drug-likeness (QED) is 0.621. The van der Waals surface area contributed by atoms with E-state index in [1.54, 1.807) is 4.90 Å². The lowest BCUT2D eigenvalue weighted by Crippen LogP contribution is -2.52. The van der Waals surface area contributed by atoms with E-state index in [4.69, 9.17) is 0 Å². The van der Waals surface area contributed by atoms with Gasteiger partial charge in [0.15, 0.2) is 0 Å². The zero-order chi connectivity index (χ0) is 23.2. The molecule has 1 unspecified atom stereocenters. The van der Waals surface area contributed by atoms with Gasteiger partial charge in [-0.15, -0.1) is 0 Å². The molecule has 0 aliphatic carbocycles. The molecule has 0 spiro atoms. The van der Waals surface area contributed by atoms with Gasteiger partial charge in [0.05, 0.1) is 0 Å². The number of hydrogen-bond acceptors (Lipinski definition) is 2. The molecular weight excluding hydrogens is 384 g/mol. The van der Waals surface area contributed by atoms with Gasteiger partial charge in [-0.1, -0.05) is 62.4 Å².